The van der Waals surface area contributed by atoms with Crippen LogP contribution in [0.3, 0.4) is 0 Å². The number of nitrogens with zero attached hydrogens (tertiary/aromatic N) is 6. The van der Waals surface area contributed by atoms with Gasteiger partial charge in [-0.15, -0.1) is 0 Å². The molecule has 0 aromatic rings. The Morgan fingerprint density at radius 2 is 0.814 bits per heavy atom. The number of aliphatic hydroxyl groups is 3. The van der Waals surface area contributed by atoms with Gasteiger partial charge < -0.3 is 55.8 Å². The quantitative estimate of drug-likeness (QED) is 0.108. The standard InChI is InChI=1S/C38H57N9O12/c1-21(48)15-39-33(54)28-12-23(50)19-46(28)37(58)26-7-4-10-43(26)32(53)17-41-35(56)30-14-24(51)20-47(30)38(59)27-8-5-11-44(27)31(52)16-40-34(55)29-13-22(49)18-45(29)36(57)25-6-3-9-42(25)2/h22-30,49-51H,3-20H2,1-2H3,(H,39,54)(H,40,55)(H,41,56). The van der Waals surface area contributed by atoms with Crippen molar-refractivity contribution in [3.8, 4) is 0 Å². The van der Waals surface area contributed by atoms with Crippen molar-refractivity contribution in [2.75, 3.05) is 66.0 Å². The molecule has 6 aliphatic rings. The molecule has 6 rings (SSSR count). The molecule has 0 radical (unpaired) electrons. The lowest BCUT2D eigenvalue weighted by Gasteiger charge is -2.32. The van der Waals surface area contributed by atoms with Gasteiger partial charge in [-0.3, -0.25) is 48.1 Å². The van der Waals surface area contributed by atoms with E-state index in [1.54, 1.807) is 0 Å². The van der Waals surface area contributed by atoms with Gasteiger partial charge >= 0.3 is 0 Å². The maximum absolute atomic E-state index is 13.9. The summed E-state index contributed by atoms with van der Waals surface area (Å²) in [5.41, 5.74) is 0. The third-order valence-electron chi connectivity index (χ3n) is 12.5. The van der Waals surface area contributed by atoms with Gasteiger partial charge in [-0.25, -0.2) is 0 Å². The summed E-state index contributed by atoms with van der Waals surface area (Å²) in [5, 5.41) is 38.8. The molecule has 0 saturated carbocycles. The van der Waals surface area contributed by atoms with Crippen molar-refractivity contribution in [2.24, 2.45) is 0 Å². The summed E-state index contributed by atoms with van der Waals surface area (Å²) >= 11 is 0. The number of likely N-dealkylation sites (N-methyl/N-ethyl adjacent to an activating group) is 1. The second kappa shape index (κ2) is 18.7. The van der Waals surface area contributed by atoms with Gasteiger partial charge in [0.2, 0.25) is 47.3 Å². The van der Waals surface area contributed by atoms with Crippen LogP contribution in [0.1, 0.15) is 64.7 Å². The molecule has 0 aliphatic carbocycles. The molecule has 59 heavy (non-hydrogen) atoms. The lowest BCUT2D eigenvalue weighted by atomic mass is 10.1. The monoisotopic (exact) mass is 831 g/mol. The number of likely N-dealkylation sites (tertiary alicyclic amines) is 6. The van der Waals surface area contributed by atoms with Gasteiger partial charge in [-0.1, -0.05) is 0 Å². The second-order valence-corrected chi connectivity index (χ2v) is 16.7. The summed E-state index contributed by atoms with van der Waals surface area (Å²) in [6.07, 6.45) is 0.00849. The first-order chi connectivity index (χ1) is 28.0. The lowest BCUT2D eigenvalue weighted by Crippen LogP contribution is -2.56. The number of carbonyl (C=O) groups is 9. The Bertz CT molecular complexity index is 1700. The number of rotatable bonds is 12. The smallest absolute Gasteiger partial charge is 0.246 e. The molecule has 6 saturated heterocycles. The Balaban J connectivity index is 1.01. The minimum absolute atomic E-state index is 0.0118. The Hall–Kier alpha value is -4.73. The van der Waals surface area contributed by atoms with E-state index in [2.05, 4.69) is 16.0 Å². The SMILES string of the molecule is CC(=O)CNC(=O)C1CC(O)CN1C(=O)C1CCCN1C(=O)CNC(=O)C1CC(O)CN1C(=O)C1CCCN1C(=O)CNC(=O)C1CC(O)CN1C(=O)C1CCCN1C. The van der Waals surface area contributed by atoms with E-state index in [1.807, 2.05) is 11.9 Å². The molecule has 326 valence electrons. The number of amides is 8. The Morgan fingerprint density at radius 3 is 1.17 bits per heavy atom. The largest absolute Gasteiger partial charge is 0.391 e. The van der Waals surface area contributed by atoms with Crippen molar-refractivity contribution >= 4 is 53.0 Å². The van der Waals surface area contributed by atoms with E-state index in [0.29, 0.717) is 25.7 Å². The molecule has 8 amide bonds. The van der Waals surface area contributed by atoms with Crippen LogP contribution < -0.4 is 16.0 Å². The van der Waals surface area contributed by atoms with Crippen LogP contribution in [-0.4, -0.2) is 218 Å². The van der Waals surface area contributed by atoms with Gasteiger partial charge in [-0.05, 0) is 59.0 Å². The highest BCUT2D eigenvalue weighted by Crippen LogP contribution is 2.28. The van der Waals surface area contributed by atoms with Gasteiger partial charge in [0.05, 0.1) is 44.0 Å². The zero-order valence-corrected chi connectivity index (χ0v) is 33.6. The molecule has 0 spiro atoms. The van der Waals surface area contributed by atoms with Crippen LogP contribution in [0.4, 0.5) is 0 Å². The van der Waals surface area contributed by atoms with Crippen molar-refractivity contribution in [1.29, 1.82) is 0 Å². The summed E-state index contributed by atoms with van der Waals surface area (Å²) in [6.45, 7) is 0.974. The summed E-state index contributed by atoms with van der Waals surface area (Å²) < 4.78 is 0. The fourth-order valence-corrected chi connectivity index (χ4v) is 9.45. The van der Waals surface area contributed by atoms with Crippen molar-refractivity contribution in [2.45, 2.75) is 119 Å². The molecule has 6 N–H and O–H groups in total. The van der Waals surface area contributed by atoms with E-state index in [-0.39, 0.29) is 82.7 Å². The normalized spacial score (nSPS) is 30.9. The van der Waals surface area contributed by atoms with Crippen LogP contribution in [-0.2, 0) is 43.2 Å². The number of aliphatic hydroxyl groups excluding tert-OH is 3. The van der Waals surface area contributed by atoms with Crippen LogP contribution in [0.25, 0.3) is 0 Å². The number of hydrogen-bond acceptors (Lipinski definition) is 13. The Kier molecular flexibility index (Phi) is 13.9. The van der Waals surface area contributed by atoms with Crippen molar-refractivity contribution in [3.63, 3.8) is 0 Å². The number of hydrogen-bond donors (Lipinski definition) is 6. The maximum Gasteiger partial charge on any atom is 0.246 e. The van der Waals surface area contributed by atoms with Gasteiger partial charge in [0, 0.05) is 52.0 Å². The van der Waals surface area contributed by atoms with E-state index in [0.717, 1.165) is 13.0 Å². The molecular formula is C38H57N9O12. The van der Waals surface area contributed by atoms with E-state index >= 15 is 0 Å². The van der Waals surface area contributed by atoms with Crippen LogP contribution in [0.2, 0.25) is 0 Å². The highest BCUT2D eigenvalue weighted by atomic mass is 16.3. The molecular weight excluding hydrogens is 774 g/mol. The van der Waals surface area contributed by atoms with Crippen LogP contribution in [0.15, 0.2) is 0 Å². The molecule has 6 fully saturated rings. The summed E-state index contributed by atoms with van der Waals surface area (Å²) in [5.74, 6) is -4.64. The third-order valence-corrected chi connectivity index (χ3v) is 12.5. The molecule has 9 atom stereocenters. The maximum atomic E-state index is 13.9. The van der Waals surface area contributed by atoms with Crippen molar-refractivity contribution < 1.29 is 58.5 Å². The fourth-order valence-electron chi connectivity index (χ4n) is 9.45. The molecule has 9 unspecified atom stereocenters. The Labute approximate surface area is 341 Å². The number of nitrogens with one attached hydrogen (secondary N) is 3. The molecule has 0 aromatic heterocycles. The molecule has 0 bridgehead atoms. The number of ketones is 1. The van der Waals surface area contributed by atoms with Gasteiger partial charge in [-0.2, -0.15) is 0 Å². The third kappa shape index (κ3) is 9.68. The number of carbonyl (C=O) groups excluding carboxylic acids is 9. The van der Waals surface area contributed by atoms with Gasteiger partial charge in [0.25, 0.3) is 0 Å². The number of Topliss-reactive ketones (excluding diaryl/α,β-unsaturated/α-hetero) is 1. The lowest BCUT2D eigenvalue weighted by molar-refractivity contribution is -0.148. The van der Waals surface area contributed by atoms with Gasteiger partial charge in [0.15, 0.2) is 0 Å². The van der Waals surface area contributed by atoms with Gasteiger partial charge in [0.1, 0.15) is 36.0 Å². The summed E-state index contributed by atoms with van der Waals surface area (Å²) in [4.78, 5) is 127. The Morgan fingerprint density at radius 1 is 0.475 bits per heavy atom. The summed E-state index contributed by atoms with van der Waals surface area (Å²) in [7, 11) is 1.84. The predicted octanol–water partition coefficient (Wildman–Crippen LogP) is -5.11. The van der Waals surface area contributed by atoms with E-state index < -0.39 is 103 Å². The number of β-amino-alcohol motifs (C(OH)–C–C–N with tert-alkyl or cyclic N) is 3. The van der Waals surface area contributed by atoms with Crippen molar-refractivity contribution in [1.82, 2.24) is 45.3 Å². The zero-order valence-electron chi connectivity index (χ0n) is 33.6. The average Bonchev–Trinajstić information content (AvgIpc) is 4.06. The molecule has 21 heteroatoms. The fraction of sp³-hybridized carbons (Fsp3) is 0.763. The van der Waals surface area contributed by atoms with E-state index in [4.69, 9.17) is 0 Å². The van der Waals surface area contributed by atoms with E-state index in [9.17, 15) is 58.5 Å². The molecule has 6 aliphatic heterocycles. The van der Waals surface area contributed by atoms with Crippen LogP contribution in [0, 0.1) is 0 Å². The molecule has 6 heterocycles. The minimum Gasteiger partial charge on any atom is -0.391 e. The summed E-state index contributed by atoms with van der Waals surface area (Å²) in [6, 6.07) is -5.43. The molecule has 21 nitrogen and oxygen atoms in total. The van der Waals surface area contributed by atoms with Crippen LogP contribution >= 0.6 is 0 Å². The van der Waals surface area contributed by atoms with Crippen molar-refractivity contribution in [3.05, 3.63) is 0 Å². The van der Waals surface area contributed by atoms with E-state index in [1.165, 1.54) is 31.4 Å². The second-order valence-electron chi connectivity index (χ2n) is 16.7. The first-order valence-corrected chi connectivity index (χ1v) is 20.6. The highest BCUT2D eigenvalue weighted by Gasteiger charge is 2.48. The first-order valence-electron chi connectivity index (χ1n) is 20.6. The first kappa shape index (κ1) is 43.8. The van der Waals surface area contributed by atoms with Crippen LogP contribution in [0.5, 0.6) is 0 Å². The highest BCUT2D eigenvalue weighted by molar-refractivity contribution is 5.97. The predicted molar refractivity (Wildman–Crippen MR) is 203 cm³/mol. The zero-order chi connectivity index (χ0) is 42.7. The minimum atomic E-state index is -1.16. The average molecular weight is 832 g/mol. The molecule has 0 aromatic carbocycles. The topological polar surface area (TPSA) is 270 Å².